The fourth-order valence-electron chi connectivity index (χ4n) is 3.44. The van der Waals surface area contributed by atoms with E-state index in [-0.39, 0.29) is 6.17 Å². The maximum Gasteiger partial charge on any atom is 0.137 e. The molecule has 0 saturated heterocycles. The van der Waals surface area contributed by atoms with Crippen molar-refractivity contribution < 1.29 is 0 Å². The number of rotatable bonds is 15. The minimum Gasteiger partial charge on any atom is -0.273 e. The molecule has 4 heteroatoms. The van der Waals surface area contributed by atoms with E-state index in [1.807, 2.05) is 6.92 Å². The summed E-state index contributed by atoms with van der Waals surface area (Å²) in [7, 11) is 0. The highest BCUT2D eigenvalue weighted by Gasteiger charge is 2.24. The van der Waals surface area contributed by atoms with Gasteiger partial charge in [-0.05, 0) is 20.3 Å². The third-order valence-electron chi connectivity index (χ3n) is 5.22. The Labute approximate surface area is 150 Å². The van der Waals surface area contributed by atoms with Crippen LogP contribution in [0.15, 0.2) is 5.10 Å². The molecule has 142 valence electrons. The molecule has 0 aromatic rings. The van der Waals surface area contributed by atoms with E-state index in [1.165, 1.54) is 89.9 Å². The van der Waals surface area contributed by atoms with E-state index in [2.05, 4.69) is 24.0 Å². The minimum absolute atomic E-state index is 0.215. The first-order valence-electron chi connectivity index (χ1n) is 10.5. The number of hydrazine groups is 1. The second-order valence-electron chi connectivity index (χ2n) is 7.45. The summed E-state index contributed by atoms with van der Waals surface area (Å²) in [5.74, 6) is 6.85. The fraction of sp³-hybridized carbons (Fsp3) is 0.950. The maximum atomic E-state index is 5.92. The molecular formula is C20H42N4. The van der Waals surface area contributed by atoms with Crippen molar-refractivity contribution in [3.63, 3.8) is 0 Å². The van der Waals surface area contributed by atoms with Crippen LogP contribution in [-0.4, -0.2) is 28.6 Å². The van der Waals surface area contributed by atoms with Gasteiger partial charge in [0.2, 0.25) is 0 Å². The predicted octanol–water partition coefficient (Wildman–Crippen LogP) is 5.64. The van der Waals surface area contributed by atoms with Crippen molar-refractivity contribution in [3.8, 4) is 0 Å². The molecule has 4 nitrogen and oxygen atoms in total. The lowest BCUT2D eigenvalue weighted by atomic mass is 10.0. The van der Waals surface area contributed by atoms with Gasteiger partial charge in [0.15, 0.2) is 0 Å². The van der Waals surface area contributed by atoms with Crippen LogP contribution in [0.3, 0.4) is 0 Å². The largest absolute Gasteiger partial charge is 0.273 e. The lowest BCUT2D eigenvalue weighted by Gasteiger charge is -2.24. The number of hydrogen-bond donors (Lipinski definition) is 1. The summed E-state index contributed by atoms with van der Waals surface area (Å²) in [6.07, 6.45) is 19.9. The standard InChI is InChI=1S/C20H42N4/c1-4-5-6-7-8-9-10-11-12-13-14-15-16-17-18-23-20(3)24(21)19(2)22-23/h20H,4-18,21H2,1-3H3. The first-order chi connectivity index (χ1) is 11.7. The normalized spacial score (nSPS) is 17.7. The summed E-state index contributed by atoms with van der Waals surface area (Å²) < 4.78 is 0. The number of hydrogen-bond acceptors (Lipinski definition) is 4. The molecule has 24 heavy (non-hydrogen) atoms. The Hall–Kier alpha value is -0.770. The van der Waals surface area contributed by atoms with Gasteiger partial charge in [-0.25, -0.2) is 5.84 Å². The Bertz CT molecular complexity index is 330. The molecular weight excluding hydrogens is 296 g/mol. The number of nitrogens with zero attached hydrogens (tertiary/aromatic N) is 3. The molecule has 0 bridgehead atoms. The summed E-state index contributed by atoms with van der Waals surface area (Å²) in [6.45, 7) is 7.41. The quantitative estimate of drug-likeness (QED) is 0.310. The van der Waals surface area contributed by atoms with Crippen molar-refractivity contribution >= 4 is 5.84 Å². The second kappa shape index (κ2) is 13.5. The number of nitrogens with two attached hydrogens (primary N) is 1. The lowest BCUT2D eigenvalue weighted by molar-refractivity contribution is 0.144. The minimum atomic E-state index is 0.215. The van der Waals surface area contributed by atoms with Crippen LogP contribution in [0.2, 0.25) is 0 Å². The fourth-order valence-corrected chi connectivity index (χ4v) is 3.44. The van der Waals surface area contributed by atoms with Gasteiger partial charge >= 0.3 is 0 Å². The van der Waals surface area contributed by atoms with Crippen LogP contribution in [0.4, 0.5) is 0 Å². The zero-order valence-corrected chi connectivity index (χ0v) is 16.6. The third-order valence-corrected chi connectivity index (χ3v) is 5.22. The van der Waals surface area contributed by atoms with Crippen LogP contribution >= 0.6 is 0 Å². The molecule has 0 saturated carbocycles. The van der Waals surface area contributed by atoms with Crippen molar-refractivity contribution in [1.82, 2.24) is 10.0 Å². The van der Waals surface area contributed by atoms with Crippen molar-refractivity contribution in [1.29, 1.82) is 0 Å². The van der Waals surface area contributed by atoms with E-state index < -0.39 is 0 Å². The van der Waals surface area contributed by atoms with Crippen LogP contribution in [0, 0.1) is 0 Å². The number of amidine groups is 1. The van der Waals surface area contributed by atoms with Crippen molar-refractivity contribution in [2.24, 2.45) is 10.9 Å². The molecule has 1 heterocycles. The molecule has 1 atom stereocenters. The molecule has 2 N–H and O–H groups in total. The zero-order valence-electron chi connectivity index (χ0n) is 16.6. The van der Waals surface area contributed by atoms with E-state index in [4.69, 9.17) is 5.84 Å². The molecule has 0 amide bonds. The van der Waals surface area contributed by atoms with Crippen LogP contribution < -0.4 is 5.84 Å². The van der Waals surface area contributed by atoms with Gasteiger partial charge in [-0.1, -0.05) is 90.4 Å². The Morgan fingerprint density at radius 3 is 1.58 bits per heavy atom. The van der Waals surface area contributed by atoms with Crippen LogP contribution in [0.5, 0.6) is 0 Å². The van der Waals surface area contributed by atoms with E-state index in [9.17, 15) is 0 Å². The Morgan fingerprint density at radius 1 is 0.792 bits per heavy atom. The molecule has 1 unspecified atom stereocenters. The predicted molar refractivity (Wildman–Crippen MR) is 106 cm³/mol. The topological polar surface area (TPSA) is 44.9 Å². The first kappa shape index (κ1) is 21.3. The summed E-state index contributed by atoms with van der Waals surface area (Å²) in [5, 5.41) is 8.38. The molecule has 0 spiro atoms. The zero-order chi connectivity index (χ0) is 17.6. The third kappa shape index (κ3) is 8.91. The van der Waals surface area contributed by atoms with Crippen molar-refractivity contribution in [3.05, 3.63) is 0 Å². The highest BCUT2D eigenvalue weighted by Crippen LogP contribution is 2.15. The molecule has 0 aliphatic carbocycles. The average molecular weight is 339 g/mol. The molecule has 1 rings (SSSR count). The van der Waals surface area contributed by atoms with Gasteiger partial charge in [0.25, 0.3) is 0 Å². The van der Waals surface area contributed by atoms with Crippen LogP contribution in [0.1, 0.15) is 111 Å². The van der Waals surface area contributed by atoms with E-state index in [0.717, 1.165) is 12.4 Å². The van der Waals surface area contributed by atoms with Gasteiger partial charge in [0, 0.05) is 6.54 Å². The van der Waals surface area contributed by atoms with E-state index in [0.29, 0.717) is 0 Å². The molecule has 0 aromatic heterocycles. The van der Waals surface area contributed by atoms with Gasteiger partial charge in [-0.15, -0.1) is 0 Å². The highest BCUT2D eigenvalue weighted by molar-refractivity contribution is 5.80. The molecule has 1 aliphatic heterocycles. The molecule has 0 fully saturated rings. The van der Waals surface area contributed by atoms with Crippen LogP contribution in [0.25, 0.3) is 0 Å². The summed E-state index contributed by atoms with van der Waals surface area (Å²) in [5.41, 5.74) is 0. The van der Waals surface area contributed by atoms with Gasteiger partial charge in [-0.2, -0.15) is 5.10 Å². The van der Waals surface area contributed by atoms with Gasteiger partial charge in [0.05, 0.1) is 0 Å². The Balaban J connectivity index is 1.80. The first-order valence-corrected chi connectivity index (χ1v) is 10.5. The maximum absolute atomic E-state index is 5.92. The monoisotopic (exact) mass is 338 g/mol. The highest BCUT2D eigenvalue weighted by atomic mass is 15.7. The lowest BCUT2D eigenvalue weighted by Crippen LogP contribution is -2.44. The number of unbranched alkanes of at least 4 members (excludes halogenated alkanes) is 13. The summed E-state index contributed by atoms with van der Waals surface area (Å²) in [6, 6.07) is 0. The van der Waals surface area contributed by atoms with Gasteiger partial charge in [0.1, 0.15) is 12.0 Å². The van der Waals surface area contributed by atoms with E-state index >= 15 is 0 Å². The summed E-state index contributed by atoms with van der Waals surface area (Å²) in [4.78, 5) is 0. The van der Waals surface area contributed by atoms with Crippen molar-refractivity contribution in [2.75, 3.05) is 6.54 Å². The average Bonchev–Trinajstić information content (AvgIpc) is 2.82. The second-order valence-corrected chi connectivity index (χ2v) is 7.45. The summed E-state index contributed by atoms with van der Waals surface area (Å²) >= 11 is 0. The van der Waals surface area contributed by atoms with Crippen molar-refractivity contribution in [2.45, 2.75) is 117 Å². The molecule has 1 aliphatic rings. The van der Waals surface area contributed by atoms with Gasteiger partial charge in [-0.3, -0.25) is 10.0 Å². The Kier molecular flexibility index (Phi) is 12.0. The Morgan fingerprint density at radius 2 is 1.21 bits per heavy atom. The van der Waals surface area contributed by atoms with Gasteiger partial charge < -0.3 is 0 Å². The van der Waals surface area contributed by atoms with Crippen LogP contribution in [-0.2, 0) is 0 Å². The molecule has 0 aromatic carbocycles. The number of hydrazone groups is 1. The SMILES string of the molecule is CCCCCCCCCCCCCCCCN1N=C(C)N(N)C1C. The smallest absolute Gasteiger partial charge is 0.137 e. The molecule has 0 radical (unpaired) electrons. The van der Waals surface area contributed by atoms with E-state index in [1.54, 1.807) is 5.01 Å².